The van der Waals surface area contributed by atoms with E-state index in [9.17, 15) is 19.2 Å². The van der Waals surface area contributed by atoms with Gasteiger partial charge in [-0.3, -0.25) is 14.5 Å². The number of carbonyl (C=O) groups excluding carboxylic acids is 4. The molecular weight excluding hydrogens is 448 g/mol. The fourth-order valence-corrected chi connectivity index (χ4v) is 3.83. The van der Waals surface area contributed by atoms with Crippen molar-refractivity contribution < 1.29 is 28.7 Å². The molecule has 0 aromatic heterocycles. The van der Waals surface area contributed by atoms with Crippen LogP contribution < -0.4 is 5.32 Å². The van der Waals surface area contributed by atoms with Crippen LogP contribution in [-0.2, 0) is 25.5 Å². The van der Waals surface area contributed by atoms with Crippen molar-refractivity contribution in [2.45, 2.75) is 57.7 Å². The molecule has 8 nitrogen and oxygen atoms in total. The lowest BCUT2D eigenvalue weighted by Gasteiger charge is -2.29. The number of hydrogen-bond donors (Lipinski definition) is 1. The fraction of sp³-hybridized carbons (Fsp3) is 0.407. The summed E-state index contributed by atoms with van der Waals surface area (Å²) in [5, 5.41) is 2.74. The van der Waals surface area contributed by atoms with Crippen LogP contribution in [0.2, 0.25) is 0 Å². The van der Waals surface area contributed by atoms with Gasteiger partial charge < -0.3 is 14.8 Å². The first-order chi connectivity index (χ1) is 16.6. The van der Waals surface area contributed by atoms with Gasteiger partial charge in [0.05, 0.1) is 0 Å². The van der Waals surface area contributed by atoms with Crippen LogP contribution in [0.1, 0.15) is 49.5 Å². The van der Waals surface area contributed by atoms with E-state index in [1.165, 1.54) is 4.90 Å². The fourth-order valence-electron chi connectivity index (χ4n) is 3.83. The van der Waals surface area contributed by atoms with Crippen molar-refractivity contribution in [3.63, 3.8) is 0 Å². The molecule has 2 aromatic carbocycles. The molecule has 0 saturated carbocycles. The highest BCUT2D eigenvalue weighted by molar-refractivity contribution is 5.98. The molecule has 1 aliphatic rings. The highest BCUT2D eigenvalue weighted by Crippen LogP contribution is 2.21. The topological polar surface area (TPSA) is 102 Å². The van der Waals surface area contributed by atoms with Gasteiger partial charge in [-0.05, 0) is 39.2 Å². The van der Waals surface area contributed by atoms with Gasteiger partial charge in [0.2, 0.25) is 5.91 Å². The van der Waals surface area contributed by atoms with Gasteiger partial charge in [-0.25, -0.2) is 9.59 Å². The Kier molecular flexibility index (Phi) is 8.63. The van der Waals surface area contributed by atoms with E-state index in [0.29, 0.717) is 24.9 Å². The van der Waals surface area contributed by atoms with E-state index in [1.807, 2.05) is 30.3 Å². The number of hydrogen-bond acceptors (Lipinski definition) is 6. The largest absolute Gasteiger partial charge is 0.456 e. The standard InChI is InChI=1S/C27H32N2O6/c1-27(2,3)35-26(33)29-16-10-15-22(29)24(31)28-21(17-19-11-6-4-7-12-19)25(32)34-18-23(30)20-13-8-5-9-14-20/h4-9,11-14,21-22H,10,15-18H2,1-3H3,(H,28,31)/t21-,22-/m0/s1. The Balaban J connectivity index is 1.69. The molecule has 2 aromatic rings. The molecule has 0 unspecified atom stereocenters. The highest BCUT2D eigenvalue weighted by atomic mass is 16.6. The Labute approximate surface area is 205 Å². The van der Waals surface area contributed by atoms with Gasteiger partial charge in [-0.1, -0.05) is 60.7 Å². The van der Waals surface area contributed by atoms with Crippen LogP contribution in [0.5, 0.6) is 0 Å². The van der Waals surface area contributed by atoms with Gasteiger partial charge in [-0.15, -0.1) is 0 Å². The SMILES string of the molecule is CC(C)(C)OC(=O)N1CCC[C@H]1C(=O)N[C@@H](Cc1ccccc1)C(=O)OCC(=O)c1ccccc1. The Morgan fingerprint density at radius 2 is 1.63 bits per heavy atom. The number of carbonyl (C=O) groups is 4. The van der Waals surface area contributed by atoms with E-state index in [1.54, 1.807) is 51.1 Å². The number of rotatable bonds is 8. The second kappa shape index (κ2) is 11.6. The summed E-state index contributed by atoms with van der Waals surface area (Å²) in [7, 11) is 0. The zero-order valence-corrected chi connectivity index (χ0v) is 20.4. The average molecular weight is 481 g/mol. The predicted molar refractivity (Wildman–Crippen MR) is 130 cm³/mol. The molecule has 1 heterocycles. The number of ketones is 1. The average Bonchev–Trinajstić information content (AvgIpc) is 3.32. The predicted octanol–water partition coefficient (Wildman–Crippen LogP) is 3.54. The van der Waals surface area contributed by atoms with Crippen LogP contribution in [0.3, 0.4) is 0 Å². The molecule has 1 aliphatic heterocycles. The van der Waals surface area contributed by atoms with Crippen molar-refractivity contribution in [1.29, 1.82) is 0 Å². The van der Waals surface area contributed by atoms with Gasteiger partial charge in [0, 0.05) is 18.5 Å². The van der Waals surface area contributed by atoms with Gasteiger partial charge >= 0.3 is 12.1 Å². The van der Waals surface area contributed by atoms with E-state index in [2.05, 4.69) is 5.32 Å². The van der Waals surface area contributed by atoms with Crippen molar-refractivity contribution >= 4 is 23.8 Å². The summed E-state index contributed by atoms with van der Waals surface area (Å²) in [6.45, 7) is 5.25. The van der Waals surface area contributed by atoms with Gasteiger partial charge in [0.15, 0.2) is 12.4 Å². The van der Waals surface area contributed by atoms with Crippen LogP contribution >= 0.6 is 0 Å². The lowest BCUT2D eigenvalue weighted by molar-refractivity contribution is -0.147. The van der Waals surface area contributed by atoms with E-state index in [-0.39, 0.29) is 12.2 Å². The first-order valence-corrected chi connectivity index (χ1v) is 11.7. The summed E-state index contributed by atoms with van der Waals surface area (Å²) < 4.78 is 10.7. The summed E-state index contributed by atoms with van der Waals surface area (Å²) in [5.74, 6) is -1.51. The first-order valence-electron chi connectivity index (χ1n) is 11.7. The van der Waals surface area contributed by atoms with E-state index >= 15 is 0 Å². The van der Waals surface area contributed by atoms with Crippen LogP contribution in [0.15, 0.2) is 60.7 Å². The summed E-state index contributed by atoms with van der Waals surface area (Å²) in [4.78, 5) is 52.5. The molecule has 35 heavy (non-hydrogen) atoms. The number of Topliss-reactive ketones (excluding diaryl/α,β-unsaturated/α-hetero) is 1. The Hall–Kier alpha value is -3.68. The maximum atomic E-state index is 13.2. The molecule has 8 heteroatoms. The number of nitrogens with one attached hydrogen (secondary N) is 1. The molecule has 186 valence electrons. The Bertz CT molecular complexity index is 1030. The lowest BCUT2D eigenvalue weighted by atomic mass is 10.1. The molecule has 2 amide bonds. The summed E-state index contributed by atoms with van der Waals surface area (Å²) >= 11 is 0. The molecule has 2 atom stereocenters. The number of likely N-dealkylation sites (tertiary alicyclic amines) is 1. The minimum atomic E-state index is -1.02. The minimum absolute atomic E-state index is 0.185. The third-order valence-electron chi connectivity index (χ3n) is 5.51. The molecule has 0 spiro atoms. The van der Waals surface area contributed by atoms with Crippen molar-refractivity contribution in [2.75, 3.05) is 13.2 Å². The molecule has 0 aliphatic carbocycles. The van der Waals surface area contributed by atoms with E-state index in [4.69, 9.17) is 9.47 Å². The smallest absolute Gasteiger partial charge is 0.410 e. The van der Waals surface area contributed by atoms with Crippen LogP contribution in [0.25, 0.3) is 0 Å². The van der Waals surface area contributed by atoms with Crippen LogP contribution in [0.4, 0.5) is 4.79 Å². The molecule has 1 fully saturated rings. The van der Waals surface area contributed by atoms with Crippen LogP contribution in [0, 0.1) is 0 Å². The zero-order valence-electron chi connectivity index (χ0n) is 20.4. The van der Waals surface area contributed by atoms with Crippen molar-refractivity contribution in [1.82, 2.24) is 10.2 Å². The number of benzene rings is 2. The monoisotopic (exact) mass is 480 g/mol. The molecule has 1 N–H and O–H groups in total. The van der Waals surface area contributed by atoms with Crippen molar-refractivity contribution in [3.05, 3.63) is 71.8 Å². The minimum Gasteiger partial charge on any atom is -0.456 e. The third kappa shape index (κ3) is 7.67. The van der Waals surface area contributed by atoms with Crippen molar-refractivity contribution in [2.24, 2.45) is 0 Å². The van der Waals surface area contributed by atoms with Gasteiger partial charge in [0.25, 0.3) is 0 Å². The molecular formula is C27H32N2O6. The van der Waals surface area contributed by atoms with Gasteiger partial charge in [-0.2, -0.15) is 0 Å². The molecule has 0 radical (unpaired) electrons. The Morgan fingerprint density at radius 3 is 2.26 bits per heavy atom. The number of nitrogens with zero attached hydrogens (tertiary/aromatic N) is 1. The Morgan fingerprint density at radius 1 is 1.00 bits per heavy atom. The number of esters is 1. The first kappa shape index (κ1) is 25.9. The zero-order chi connectivity index (χ0) is 25.4. The summed E-state index contributed by atoms with van der Waals surface area (Å²) in [6.07, 6.45) is 0.733. The molecule has 3 rings (SSSR count). The second-order valence-electron chi connectivity index (χ2n) is 9.48. The van der Waals surface area contributed by atoms with Crippen molar-refractivity contribution in [3.8, 4) is 0 Å². The quantitative estimate of drug-likeness (QED) is 0.458. The summed E-state index contributed by atoms with van der Waals surface area (Å²) in [6, 6.07) is 16.0. The highest BCUT2D eigenvalue weighted by Gasteiger charge is 2.38. The van der Waals surface area contributed by atoms with E-state index < -0.39 is 42.3 Å². The second-order valence-corrected chi connectivity index (χ2v) is 9.48. The van der Waals surface area contributed by atoms with E-state index in [0.717, 1.165) is 5.56 Å². The lowest BCUT2D eigenvalue weighted by Crippen LogP contribution is -2.52. The molecule has 1 saturated heterocycles. The van der Waals surface area contributed by atoms with Gasteiger partial charge in [0.1, 0.15) is 17.7 Å². The van der Waals surface area contributed by atoms with Crippen LogP contribution in [-0.4, -0.2) is 59.5 Å². The summed E-state index contributed by atoms with van der Waals surface area (Å²) in [5.41, 5.74) is 0.563. The maximum absolute atomic E-state index is 13.2. The third-order valence-corrected chi connectivity index (χ3v) is 5.51. The number of amides is 2. The number of ether oxygens (including phenoxy) is 2. The molecule has 0 bridgehead atoms. The maximum Gasteiger partial charge on any atom is 0.410 e. The normalized spacial score (nSPS) is 16.3.